The Hall–Kier alpha value is -3.05. The minimum atomic E-state index is -4.42. The molecule has 3 aliphatic heterocycles. The summed E-state index contributed by atoms with van der Waals surface area (Å²) in [4.78, 5) is 20.1. The van der Waals surface area contributed by atoms with Gasteiger partial charge in [0.05, 0.1) is 10.5 Å². The maximum Gasteiger partial charge on any atom is 0.416 e. The Bertz CT molecular complexity index is 1110. The highest BCUT2D eigenvalue weighted by Gasteiger charge is 2.52. The van der Waals surface area contributed by atoms with Crippen molar-refractivity contribution in [2.75, 3.05) is 18.5 Å². The molecule has 12 heteroatoms. The zero-order chi connectivity index (χ0) is 24.0. The van der Waals surface area contributed by atoms with Crippen LogP contribution in [0.15, 0.2) is 54.1 Å². The van der Waals surface area contributed by atoms with Crippen LogP contribution in [0.1, 0.15) is 30.4 Å². The first-order valence-corrected chi connectivity index (χ1v) is 11.3. The van der Waals surface area contributed by atoms with Crippen molar-refractivity contribution in [2.45, 2.75) is 44.2 Å². The Morgan fingerprint density at radius 2 is 1.91 bits per heavy atom. The van der Waals surface area contributed by atoms with E-state index in [2.05, 4.69) is 10.4 Å². The van der Waals surface area contributed by atoms with E-state index in [1.165, 1.54) is 12.1 Å². The molecule has 1 N–H and O–H groups in total. The minimum absolute atomic E-state index is 0.106. The van der Waals surface area contributed by atoms with Crippen LogP contribution in [0.3, 0.4) is 0 Å². The molecular weight excluding hydrogens is 473 g/mol. The Kier molecular flexibility index (Phi) is 5.76. The van der Waals surface area contributed by atoms with Crippen molar-refractivity contribution in [1.82, 2.24) is 19.8 Å². The quantitative estimate of drug-likeness (QED) is 0.371. The average Bonchev–Trinajstić information content (AvgIpc) is 3.18. The van der Waals surface area contributed by atoms with Crippen molar-refractivity contribution in [3.8, 4) is 0 Å². The van der Waals surface area contributed by atoms with Gasteiger partial charge in [-0.3, -0.25) is 10.1 Å². The second kappa shape index (κ2) is 8.62. The standard InChI is InChI=1S/C22H22ClF3N6O2/c23-18-9-4-14(12-27-18)13-29-10-11-30-19-3-1-2-17(20(21(29)30)32(33)34)31(19)28-16-7-5-15(6-8-16)22(24,25)26/h4-9,12,17,19,28H,1-3,10-11,13H2. The Balaban J connectivity index is 1.45. The lowest BCUT2D eigenvalue weighted by atomic mass is 9.94. The summed E-state index contributed by atoms with van der Waals surface area (Å²) >= 11 is 5.88. The van der Waals surface area contributed by atoms with E-state index in [1.54, 1.807) is 12.3 Å². The number of benzene rings is 1. The van der Waals surface area contributed by atoms with Crippen LogP contribution in [-0.2, 0) is 12.7 Å². The van der Waals surface area contributed by atoms with Gasteiger partial charge in [-0.1, -0.05) is 17.7 Å². The third-order valence-corrected chi connectivity index (χ3v) is 6.74. The highest BCUT2D eigenvalue weighted by Crippen LogP contribution is 2.42. The maximum absolute atomic E-state index is 12.9. The molecule has 4 heterocycles. The van der Waals surface area contributed by atoms with Crippen LogP contribution in [0.5, 0.6) is 0 Å². The van der Waals surface area contributed by atoms with Gasteiger partial charge in [-0.05, 0) is 55.2 Å². The summed E-state index contributed by atoms with van der Waals surface area (Å²) in [5.41, 5.74) is 3.90. The molecule has 34 heavy (non-hydrogen) atoms. The SMILES string of the molecule is O=[N+]([O-])C1=C2N(Cc3ccc(Cl)nc3)CCN2C2CCCC1N2Nc1ccc(C(F)(F)F)cc1. The molecule has 0 radical (unpaired) electrons. The molecule has 0 spiro atoms. The second-order valence-electron chi connectivity index (χ2n) is 8.59. The lowest BCUT2D eigenvalue weighted by molar-refractivity contribution is -0.440. The van der Waals surface area contributed by atoms with Gasteiger partial charge in [-0.25, -0.2) is 4.98 Å². The number of halogens is 4. The van der Waals surface area contributed by atoms with Crippen LogP contribution in [-0.4, -0.2) is 50.0 Å². The number of anilines is 1. The van der Waals surface area contributed by atoms with Gasteiger partial charge >= 0.3 is 11.9 Å². The van der Waals surface area contributed by atoms with Crippen LogP contribution in [0.25, 0.3) is 0 Å². The summed E-state index contributed by atoms with van der Waals surface area (Å²) < 4.78 is 38.8. The fourth-order valence-corrected chi connectivity index (χ4v) is 5.15. The third kappa shape index (κ3) is 4.14. The summed E-state index contributed by atoms with van der Waals surface area (Å²) in [5, 5.41) is 14.5. The molecule has 1 aromatic carbocycles. The number of nitrogens with one attached hydrogen (secondary N) is 1. The van der Waals surface area contributed by atoms with Crippen LogP contribution in [0.2, 0.25) is 5.15 Å². The summed E-state index contributed by atoms with van der Waals surface area (Å²) in [6, 6.07) is 7.77. The molecular formula is C22H22ClF3N6O2. The van der Waals surface area contributed by atoms with Gasteiger partial charge in [0.25, 0.3) is 0 Å². The number of fused-ring (bicyclic) bond motifs is 4. The number of nitrogens with zero attached hydrogens (tertiary/aromatic N) is 5. The number of rotatable bonds is 5. The molecule has 2 atom stereocenters. The number of aromatic nitrogens is 1. The van der Waals surface area contributed by atoms with E-state index in [9.17, 15) is 23.3 Å². The van der Waals surface area contributed by atoms with Crippen LogP contribution in [0, 0.1) is 10.1 Å². The number of pyridine rings is 1. The smallest absolute Gasteiger partial charge is 0.347 e. The molecule has 3 aliphatic rings. The molecule has 8 nitrogen and oxygen atoms in total. The van der Waals surface area contributed by atoms with Gasteiger partial charge in [0.1, 0.15) is 17.4 Å². The Morgan fingerprint density at radius 1 is 1.15 bits per heavy atom. The Morgan fingerprint density at radius 3 is 2.56 bits per heavy atom. The van der Waals surface area contributed by atoms with Gasteiger partial charge in [0, 0.05) is 31.5 Å². The topological polar surface area (TPSA) is 77.8 Å². The first-order valence-electron chi connectivity index (χ1n) is 11.0. The normalized spacial score (nSPS) is 22.7. The van der Waals surface area contributed by atoms with Crippen molar-refractivity contribution >= 4 is 17.3 Å². The molecule has 2 fully saturated rings. The number of hydrogen-bond donors (Lipinski definition) is 1. The van der Waals surface area contributed by atoms with Crippen molar-refractivity contribution < 1.29 is 18.1 Å². The Labute approximate surface area is 198 Å². The fraction of sp³-hybridized carbons (Fsp3) is 0.409. The molecule has 2 aromatic rings. The van der Waals surface area contributed by atoms with Gasteiger partial charge in [-0.2, -0.15) is 18.2 Å². The number of alkyl halides is 3. The maximum atomic E-state index is 12.9. The van der Waals surface area contributed by atoms with E-state index >= 15 is 0 Å². The van der Waals surface area contributed by atoms with E-state index in [4.69, 9.17) is 11.6 Å². The highest BCUT2D eigenvalue weighted by atomic mass is 35.5. The summed E-state index contributed by atoms with van der Waals surface area (Å²) in [6.45, 7) is 1.70. The predicted octanol–water partition coefficient (Wildman–Crippen LogP) is 4.54. The number of hydrogen-bond acceptors (Lipinski definition) is 7. The van der Waals surface area contributed by atoms with Gasteiger partial charge < -0.3 is 15.2 Å². The largest absolute Gasteiger partial charge is 0.416 e. The zero-order valence-electron chi connectivity index (χ0n) is 18.0. The molecule has 180 valence electrons. The van der Waals surface area contributed by atoms with Crippen LogP contribution in [0.4, 0.5) is 18.9 Å². The fourth-order valence-electron chi connectivity index (χ4n) is 5.04. The summed E-state index contributed by atoms with van der Waals surface area (Å²) in [5.74, 6) is 0.611. The molecule has 0 aliphatic carbocycles. The van der Waals surface area contributed by atoms with Gasteiger partial charge in [0.2, 0.25) is 0 Å². The van der Waals surface area contributed by atoms with E-state index in [-0.39, 0.29) is 16.8 Å². The third-order valence-electron chi connectivity index (χ3n) is 6.51. The van der Waals surface area contributed by atoms with Gasteiger partial charge in [0.15, 0.2) is 5.82 Å². The molecule has 1 aromatic heterocycles. The van der Waals surface area contributed by atoms with E-state index in [1.807, 2.05) is 20.9 Å². The first-order chi connectivity index (χ1) is 16.2. The molecule has 5 rings (SSSR count). The molecule has 2 saturated heterocycles. The van der Waals surface area contributed by atoms with E-state index in [0.29, 0.717) is 42.7 Å². The number of nitro groups is 1. The predicted molar refractivity (Wildman–Crippen MR) is 119 cm³/mol. The lowest BCUT2D eigenvalue weighted by Crippen LogP contribution is -2.61. The van der Waals surface area contributed by atoms with E-state index < -0.39 is 17.8 Å². The van der Waals surface area contributed by atoms with Crippen molar-refractivity contribution in [2.24, 2.45) is 0 Å². The number of hydrazine groups is 1. The first kappa shape index (κ1) is 22.7. The van der Waals surface area contributed by atoms with Crippen molar-refractivity contribution in [3.05, 3.63) is 80.5 Å². The molecule has 0 saturated carbocycles. The second-order valence-corrected chi connectivity index (χ2v) is 8.98. The van der Waals surface area contributed by atoms with E-state index in [0.717, 1.165) is 30.5 Å². The molecule has 2 unspecified atom stereocenters. The van der Waals surface area contributed by atoms with Crippen LogP contribution < -0.4 is 5.43 Å². The summed E-state index contributed by atoms with van der Waals surface area (Å²) in [6.07, 6.45) is -0.714. The lowest BCUT2D eigenvalue weighted by Gasteiger charge is -2.49. The summed E-state index contributed by atoms with van der Waals surface area (Å²) in [7, 11) is 0. The zero-order valence-corrected chi connectivity index (χ0v) is 18.8. The molecule has 2 bridgehead atoms. The monoisotopic (exact) mass is 494 g/mol. The van der Waals surface area contributed by atoms with Crippen molar-refractivity contribution in [3.63, 3.8) is 0 Å². The molecule has 0 amide bonds. The van der Waals surface area contributed by atoms with Gasteiger partial charge in [-0.15, -0.1) is 0 Å². The minimum Gasteiger partial charge on any atom is -0.347 e. The van der Waals surface area contributed by atoms with Crippen molar-refractivity contribution in [1.29, 1.82) is 0 Å². The highest BCUT2D eigenvalue weighted by molar-refractivity contribution is 6.29. The van der Waals surface area contributed by atoms with Crippen LogP contribution >= 0.6 is 11.6 Å². The number of piperidine rings is 1. The average molecular weight is 495 g/mol.